The van der Waals surface area contributed by atoms with Crippen LogP contribution in [0.3, 0.4) is 0 Å². The van der Waals surface area contributed by atoms with Gasteiger partial charge >= 0.3 is 0 Å². The van der Waals surface area contributed by atoms with Crippen LogP contribution in [0.2, 0.25) is 0 Å². The van der Waals surface area contributed by atoms with Crippen molar-refractivity contribution in [3.8, 4) is 0 Å². The minimum atomic E-state index is 0.503. The van der Waals surface area contributed by atoms with Crippen LogP contribution in [0, 0.1) is 11.8 Å². The Bertz CT molecular complexity index is 343. The van der Waals surface area contributed by atoms with Gasteiger partial charge in [0.15, 0.2) is 4.60 Å². The van der Waals surface area contributed by atoms with Gasteiger partial charge in [-0.3, -0.25) is 4.68 Å². The lowest BCUT2D eigenvalue weighted by Gasteiger charge is -2.34. The van der Waals surface area contributed by atoms with Crippen LogP contribution in [-0.4, -0.2) is 21.5 Å². The molecule has 3 unspecified atom stereocenters. The fourth-order valence-electron chi connectivity index (χ4n) is 2.79. The standard InChI is InChI=1S/C11H19BrN4/c1-7-3-4-8(6-13)9(5-7)10-11(12)14-15-16(10)2/h7-9H,3-6,13H2,1-2H3. The van der Waals surface area contributed by atoms with Crippen LogP contribution >= 0.6 is 15.9 Å². The molecule has 16 heavy (non-hydrogen) atoms. The van der Waals surface area contributed by atoms with Crippen LogP contribution in [0.5, 0.6) is 0 Å². The van der Waals surface area contributed by atoms with Crippen LogP contribution in [0.4, 0.5) is 0 Å². The molecule has 1 aliphatic carbocycles. The highest BCUT2D eigenvalue weighted by atomic mass is 79.9. The molecule has 0 radical (unpaired) electrons. The Kier molecular flexibility index (Phi) is 3.64. The number of halogens is 1. The summed E-state index contributed by atoms with van der Waals surface area (Å²) >= 11 is 3.49. The molecule has 1 saturated carbocycles. The summed E-state index contributed by atoms with van der Waals surface area (Å²) in [6.07, 6.45) is 3.71. The molecule has 0 amide bonds. The lowest BCUT2D eigenvalue weighted by Crippen LogP contribution is -2.29. The fourth-order valence-corrected chi connectivity index (χ4v) is 3.41. The number of nitrogens with zero attached hydrogens (tertiary/aromatic N) is 3. The summed E-state index contributed by atoms with van der Waals surface area (Å²) in [4.78, 5) is 0. The van der Waals surface area contributed by atoms with Crippen molar-refractivity contribution in [1.29, 1.82) is 0 Å². The molecule has 1 aromatic rings. The summed E-state index contributed by atoms with van der Waals surface area (Å²) in [5.41, 5.74) is 7.09. The quantitative estimate of drug-likeness (QED) is 0.905. The minimum Gasteiger partial charge on any atom is -0.330 e. The van der Waals surface area contributed by atoms with Gasteiger partial charge in [-0.25, -0.2) is 0 Å². The summed E-state index contributed by atoms with van der Waals surface area (Å²) < 4.78 is 2.77. The Morgan fingerprint density at radius 1 is 1.50 bits per heavy atom. The first-order valence-corrected chi connectivity index (χ1v) is 6.68. The summed E-state index contributed by atoms with van der Waals surface area (Å²) in [7, 11) is 1.96. The third-order valence-corrected chi connectivity index (χ3v) is 4.30. The summed E-state index contributed by atoms with van der Waals surface area (Å²) in [6.45, 7) is 3.08. The van der Waals surface area contributed by atoms with Gasteiger partial charge in [-0.05, 0) is 47.2 Å². The Morgan fingerprint density at radius 3 is 2.81 bits per heavy atom. The first kappa shape index (κ1) is 12.0. The number of aromatic nitrogens is 3. The zero-order valence-corrected chi connectivity index (χ0v) is 11.4. The second-order valence-electron chi connectivity index (χ2n) is 4.91. The van der Waals surface area contributed by atoms with E-state index in [1.54, 1.807) is 0 Å². The van der Waals surface area contributed by atoms with E-state index < -0.39 is 0 Å². The van der Waals surface area contributed by atoms with E-state index in [-0.39, 0.29) is 0 Å². The molecule has 0 spiro atoms. The summed E-state index contributed by atoms with van der Waals surface area (Å²) in [5, 5.41) is 8.14. The molecule has 2 N–H and O–H groups in total. The molecule has 1 heterocycles. The third kappa shape index (κ3) is 2.15. The number of aryl methyl sites for hydroxylation is 1. The average molecular weight is 287 g/mol. The highest BCUT2D eigenvalue weighted by Crippen LogP contribution is 2.41. The van der Waals surface area contributed by atoms with Crippen LogP contribution in [0.1, 0.15) is 37.8 Å². The first-order chi connectivity index (χ1) is 7.63. The monoisotopic (exact) mass is 286 g/mol. The van der Waals surface area contributed by atoms with Crippen molar-refractivity contribution in [3.63, 3.8) is 0 Å². The van der Waals surface area contributed by atoms with Crippen molar-refractivity contribution in [1.82, 2.24) is 15.0 Å². The Morgan fingerprint density at radius 2 is 2.25 bits per heavy atom. The van der Waals surface area contributed by atoms with E-state index in [1.165, 1.54) is 25.0 Å². The van der Waals surface area contributed by atoms with E-state index in [9.17, 15) is 0 Å². The van der Waals surface area contributed by atoms with Crippen LogP contribution in [0.15, 0.2) is 4.60 Å². The van der Waals surface area contributed by atoms with Crippen molar-refractivity contribution in [3.05, 3.63) is 10.3 Å². The molecule has 0 aliphatic heterocycles. The Hall–Kier alpha value is -0.420. The number of rotatable bonds is 2. The number of hydrogen-bond acceptors (Lipinski definition) is 3. The molecule has 2 rings (SSSR count). The zero-order valence-electron chi connectivity index (χ0n) is 9.86. The maximum atomic E-state index is 5.88. The normalized spacial score (nSPS) is 30.6. The van der Waals surface area contributed by atoms with Gasteiger partial charge in [-0.1, -0.05) is 18.6 Å². The van der Waals surface area contributed by atoms with Crippen molar-refractivity contribution < 1.29 is 0 Å². The molecule has 1 aliphatic rings. The van der Waals surface area contributed by atoms with Crippen LogP contribution in [-0.2, 0) is 7.05 Å². The maximum Gasteiger partial charge on any atom is 0.151 e. The predicted octanol–water partition coefficient (Wildman–Crippen LogP) is 2.06. The van der Waals surface area contributed by atoms with Gasteiger partial charge in [-0.15, -0.1) is 5.10 Å². The van der Waals surface area contributed by atoms with Crippen LogP contribution < -0.4 is 5.73 Å². The van der Waals surface area contributed by atoms with Gasteiger partial charge in [0.25, 0.3) is 0 Å². The predicted molar refractivity (Wildman–Crippen MR) is 67.0 cm³/mol. The lowest BCUT2D eigenvalue weighted by atomic mass is 9.73. The number of nitrogens with two attached hydrogens (primary N) is 1. The van der Waals surface area contributed by atoms with Crippen molar-refractivity contribution >= 4 is 15.9 Å². The van der Waals surface area contributed by atoms with Gasteiger partial charge < -0.3 is 5.73 Å². The molecule has 90 valence electrons. The molecule has 5 heteroatoms. The zero-order chi connectivity index (χ0) is 11.7. The van der Waals surface area contributed by atoms with E-state index in [2.05, 4.69) is 33.2 Å². The SMILES string of the molecule is CC1CCC(CN)C(c2c(Br)nnn2C)C1. The highest BCUT2D eigenvalue weighted by Gasteiger charge is 2.32. The molecule has 1 fully saturated rings. The molecule has 0 saturated heterocycles. The van der Waals surface area contributed by atoms with E-state index in [0.29, 0.717) is 11.8 Å². The second-order valence-corrected chi connectivity index (χ2v) is 5.66. The Balaban J connectivity index is 2.29. The topological polar surface area (TPSA) is 56.7 Å². The fraction of sp³-hybridized carbons (Fsp3) is 0.818. The van der Waals surface area contributed by atoms with Gasteiger partial charge in [0, 0.05) is 13.0 Å². The smallest absolute Gasteiger partial charge is 0.151 e. The average Bonchev–Trinajstić information content (AvgIpc) is 2.58. The highest BCUT2D eigenvalue weighted by molar-refractivity contribution is 9.10. The van der Waals surface area contributed by atoms with Gasteiger partial charge in [0.1, 0.15) is 0 Å². The number of hydrogen-bond donors (Lipinski definition) is 1. The minimum absolute atomic E-state index is 0.503. The van der Waals surface area contributed by atoms with Gasteiger partial charge in [-0.2, -0.15) is 0 Å². The molecule has 0 bridgehead atoms. The summed E-state index contributed by atoms with van der Waals surface area (Å²) in [5.74, 6) is 1.85. The Labute approximate surface area is 105 Å². The van der Waals surface area contributed by atoms with Crippen molar-refractivity contribution in [2.24, 2.45) is 24.6 Å². The summed E-state index contributed by atoms with van der Waals surface area (Å²) in [6, 6.07) is 0. The second kappa shape index (κ2) is 4.84. The molecule has 4 nitrogen and oxygen atoms in total. The third-order valence-electron chi connectivity index (χ3n) is 3.74. The largest absolute Gasteiger partial charge is 0.330 e. The van der Waals surface area contributed by atoms with Gasteiger partial charge in [0.2, 0.25) is 0 Å². The van der Waals surface area contributed by atoms with E-state index in [1.807, 2.05) is 11.7 Å². The molecule has 3 atom stereocenters. The van der Waals surface area contributed by atoms with Crippen molar-refractivity contribution in [2.75, 3.05) is 6.54 Å². The lowest BCUT2D eigenvalue weighted by molar-refractivity contribution is 0.245. The molecule has 1 aromatic heterocycles. The molecule has 0 aromatic carbocycles. The first-order valence-electron chi connectivity index (χ1n) is 5.88. The maximum absolute atomic E-state index is 5.88. The molecular weight excluding hydrogens is 268 g/mol. The van der Waals surface area contributed by atoms with Gasteiger partial charge in [0.05, 0.1) is 5.69 Å². The molecular formula is C11H19BrN4. The van der Waals surface area contributed by atoms with E-state index >= 15 is 0 Å². The van der Waals surface area contributed by atoms with Crippen molar-refractivity contribution in [2.45, 2.75) is 32.1 Å². The van der Waals surface area contributed by atoms with E-state index in [4.69, 9.17) is 5.73 Å². The van der Waals surface area contributed by atoms with E-state index in [0.717, 1.165) is 17.1 Å². The van der Waals surface area contributed by atoms with Crippen LogP contribution in [0.25, 0.3) is 0 Å².